The molecule has 1 heterocycles. The van der Waals surface area contributed by atoms with Crippen LogP contribution in [-0.4, -0.2) is 14.7 Å². The molecule has 0 bridgehead atoms. The van der Waals surface area contributed by atoms with Gasteiger partial charge >= 0.3 is 0 Å². The molecular weight excluding hydrogens is 220 g/mol. The highest BCUT2D eigenvalue weighted by Gasteiger charge is 2.14. The Labute approximate surface area is 97.8 Å². The molecule has 0 amide bonds. The maximum absolute atomic E-state index is 10.8. The van der Waals surface area contributed by atoms with Gasteiger partial charge < -0.3 is 5.73 Å². The van der Waals surface area contributed by atoms with E-state index in [0.29, 0.717) is 17.8 Å². The Morgan fingerprint density at radius 3 is 2.82 bits per heavy atom. The first-order valence-electron chi connectivity index (χ1n) is 5.12. The fourth-order valence-corrected chi connectivity index (χ4v) is 1.66. The highest BCUT2D eigenvalue weighted by atomic mass is 16.6. The average molecular weight is 232 g/mol. The van der Waals surface area contributed by atoms with Crippen molar-refractivity contribution >= 4 is 5.69 Å². The number of nitro groups is 1. The van der Waals surface area contributed by atoms with Crippen molar-refractivity contribution in [3.8, 4) is 5.69 Å². The highest BCUT2D eigenvalue weighted by Crippen LogP contribution is 2.23. The summed E-state index contributed by atoms with van der Waals surface area (Å²) in [5.74, 6) is 0. The fraction of sp³-hybridized carbons (Fsp3) is 0.182. The summed E-state index contributed by atoms with van der Waals surface area (Å²) in [5, 5.41) is 15.1. The van der Waals surface area contributed by atoms with Crippen LogP contribution in [0.2, 0.25) is 0 Å². The zero-order valence-electron chi connectivity index (χ0n) is 9.33. The number of hydrogen-bond donors (Lipinski definition) is 1. The Morgan fingerprint density at radius 1 is 1.47 bits per heavy atom. The predicted molar refractivity (Wildman–Crippen MR) is 62.8 cm³/mol. The molecular formula is C11H12N4O2. The summed E-state index contributed by atoms with van der Waals surface area (Å²) >= 11 is 0. The molecule has 6 nitrogen and oxygen atoms in total. The van der Waals surface area contributed by atoms with Gasteiger partial charge in [0.1, 0.15) is 0 Å². The molecule has 0 atom stereocenters. The zero-order chi connectivity index (χ0) is 12.4. The van der Waals surface area contributed by atoms with E-state index in [4.69, 9.17) is 5.73 Å². The van der Waals surface area contributed by atoms with E-state index in [2.05, 4.69) is 5.10 Å². The van der Waals surface area contributed by atoms with Crippen molar-refractivity contribution < 1.29 is 4.92 Å². The molecule has 6 heteroatoms. The molecule has 0 radical (unpaired) electrons. The largest absolute Gasteiger partial charge is 0.325 e. The summed E-state index contributed by atoms with van der Waals surface area (Å²) in [4.78, 5) is 10.4. The summed E-state index contributed by atoms with van der Waals surface area (Å²) in [6, 6.07) is 6.70. The number of nitro benzene ring substituents is 1. The molecule has 88 valence electrons. The number of hydrogen-bond acceptors (Lipinski definition) is 4. The number of nitrogens with zero attached hydrogens (tertiary/aromatic N) is 3. The molecule has 0 fully saturated rings. The van der Waals surface area contributed by atoms with Gasteiger partial charge in [0.25, 0.3) is 5.69 Å². The van der Waals surface area contributed by atoms with Crippen LogP contribution in [0.25, 0.3) is 5.69 Å². The lowest BCUT2D eigenvalue weighted by molar-refractivity contribution is -0.385. The molecule has 0 saturated heterocycles. The smallest absolute Gasteiger partial charge is 0.274 e. The minimum Gasteiger partial charge on any atom is -0.325 e. The van der Waals surface area contributed by atoms with E-state index in [1.807, 2.05) is 0 Å². The lowest BCUT2D eigenvalue weighted by Gasteiger charge is -2.05. The second kappa shape index (κ2) is 4.34. The summed E-state index contributed by atoms with van der Waals surface area (Å²) < 4.78 is 1.60. The van der Waals surface area contributed by atoms with Crippen LogP contribution in [0.1, 0.15) is 11.3 Å². The number of aromatic nitrogens is 2. The zero-order valence-corrected chi connectivity index (χ0v) is 9.33. The molecule has 0 spiro atoms. The highest BCUT2D eigenvalue weighted by molar-refractivity contribution is 5.52. The van der Waals surface area contributed by atoms with Crippen LogP contribution in [-0.2, 0) is 6.54 Å². The summed E-state index contributed by atoms with van der Waals surface area (Å²) in [7, 11) is 0. The van der Waals surface area contributed by atoms with Gasteiger partial charge in [0.05, 0.1) is 21.9 Å². The van der Waals surface area contributed by atoms with Crippen molar-refractivity contribution in [2.24, 2.45) is 5.73 Å². The molecule has 0 unspecified atom stereocenters. The van der Waals surface area contributed by atoms with Crippen molar-refractivity contribution in [2.75, 3.05) is 0 Å². The third-order valence-corrected chi connectivity index (χ3v) is 2.57. The van der Waals surface area contributed by atoms with Gasteiger partial charge in [-0.05, 0) is 19.1 Å². The second-order valence-corrected chi connectivity index (χ2v) is 3.63. The average Bonchev–Trinajstić information content (AvgIpc) is 2.77. The first-order chi connectivity index (χ1) is 8.13. The molecule has 0 aliphatic carbocycles. The van der Waals surface area contributed by atoms with E-state index in [0.717, 1.165) is 5.69 Å². The van der Waals surface area contributed by atoms with Crippen LogP contribution < -0.4 is 5.73 Å². The Hall–Kier alpha value is -2.21. The molecule has 2 N–H and O–H groups in total. The standard InChI is InChI=1S/C11H12N4O2/c1-8-10(3-2-4-11(8)15(16)17)14-6-5-9(7-12)13-14/h2-6H,7,12H2,1H3. The summed E-state index contributed by atoms with van der Waals surface area (Å²) in [6.45, 7) is 2.05. The Balaban J connectivity index is 2.52. The number of nitrogens with two attached hydrogens (primary N) is 1. The summed E-state index contributed by atoms with van der Waals surface area (Å²) in [6.07, 6.45) is 1.74. The SMILES string of the molecule is Cc1c(-n2ccc(CN)n2)cccc1[N+](=O)[O-]. The molecule has 0 aliphatic rings. The second-order valence-electron chi connectivity index (χ2n) is 3.63. The van der Waals surface area contributed by atoms with Gasteiger partial charge in [0.15, 0.2) is 0 Å². The van der Waals surface area contributed by atoms with E-state index in [-0.39, 0.29) is 5.69 Å². The van der Waals surface area contributed by atoms with Gasteiger partial charge in [-0.1, -0.05) is 6.07 Å². The van der Waals surface area contributed by atoms with E-state index < -0.39 is 4.92 Å². The normalized spacial score (nSPS) is 10.5. The quantitative estimate of drug-likeness (QED) is 0.642. The maximum Gasteiger partial charge on any atom is 0.274 e. The van der Waals surface area contributed by atoms with E-state index in [9.17, 15) is 10.1 Å². The Kier molecular flexibility index (Phi) is 2.88. The van der Waals surface area contributed by atoms with Crippen molar-refractivity contribution in [1.29, 1.82) is 0 Å². The lowest BCUT2D eigenvalue weighted by Crippen LogP contribution is -2.03. The van der Waals surface area contributed by atoms with Gasteiger partial charge in [-0.15, -0.1) is 0 Å². The van der Waals surface area contributed by atoms with Crippen molar-refractivity contribution in [1.82, 2.24) is 9.78 Å². The van der Waals surface area contributed by atoms with Gasteiger partial charge in [0, 0.05) is 18.8 Å². The fourth-order valence-electron chi connectivity index (χ4n) is 1.66. The van der Waals surface area contributed by atoms with Crippen LogP contribution in [0.3, 0.4) is 0 Å². The maximum atomic E-state index is 10.8. The predicted octanol–water partition coefficient (Wildman–Crippen LogP) is 1.55. The number of benzene rings is 1. The van der Waals surface area contributed by atoms with Gasteiger partial charge in [0.2, 0.25) is 0 Å². The molecule has 17 heavy (non-hydrogen) atoms. The molecule has 2 aromatic rings. The third-order valence-electron chi connectivity index (χ3n) is 2.57. The van der Waals surface area contributed by atoms with Crippen molar-refractivity contribution in [2.45, 2.75) is 13.5 Å². The summed E-state index contributed by atoms with van der Waals surface area (Å²) in [5.41, 5.74) is 7.59. The third kappa shape index (κ3) is 2.02. The topological polar surface area (TPSA) is 87.0 Å². The van der Waals surface area contributed by atoms with E-state index >= 15 is 0 Å². The lowest BCUT2D eigenvalue weighted by atomic mass is 10.1. The van der Waals surface area contributed by atoms with Crippen molar-refractivity contribution in [3.63, 3.8) is 0 Å². The van der Waals surface area contributed by atoms with Gasteiger partial charge in [-0.25, -0.2) is 4.68 Å². The van der Waals surface area contributed by atoms with Crippen LogP contribution in [0.5, 0.6) is 0 Å². The molecule has 0 saturated carbocycles. The van der Waals surface area contributed by atoms with Gasteiger partial charge in [-0.3, -0.25) is 10.1 Å². The minimum absolute atomic E-state index is 0.0901. The van der Waals surface area contributed by atoms with E-state index in [1.165, 1.54) is 6.07 Å². The number of rotatable bonds is 3. The van der Waals surface area contributed by atoms with Crippen LogP contribution in [0.4, 0.5) is 5.69 Å². The van der Waals surface area contributed by atoms with Gasteiger partial charge in [-0.2, -0.15) is 5.10 Å². The van der Waals surface area contributed by atoms with Crippen molar-refractivity contribution in [3.05, 3.63) is 51.8 Å². The molecule has 0 aliphatic heterocycles. The van der Waals surface area contributed by atoms with Crippen LogP contribution in [0.15, 0.2) is 30.5 Å². The van der Waals surface area contributed by atoms with E-state index in [1.54, 1.807) is 36.0 Å². The van der Waals surface area contributed by atoms with Crippen LogP contribution in [0, 0.1) is 17.0 Å². The molecule has 1 aromatic carbocycles. The first-order valence-corrected chi connectivity index (χ1v) is 5.12. The first kappa shape index (κ1) is 11.3. The van der Waals surface area contributed by atoms with Crippen LogP contribution >= 0.6 is 0 Å². The monoisotopic (exact) mass is 232 g/mol. The molecule has 2 rings (SSSR count). The minimum atomic E-state index is -0.397. The Bertz CT molecular complexity index is 562. The Morgan fingerprint density at radius 2 is 2.24 bits per heavy atom. The molecule has 1 aromatic heterocycles.